The van der Waals surface area contributed by atoms with E-state index in [0.717, 1.165) is 5.69 Å². The van der Waals surface area contributed by atoms with E-state index < -0.39 is 0 Å². The van der Waals surface area contributed by atoms with Crippen LogP contribution in [0.5, 0.6) is 0 Å². The van der Waals surface area contributed by atoms with E-state index in [1.807, 2.05) is 6.07 Å². The molecular weight excluding hydrogens is 309 g/mol. The monoisotopic (exact) mass is 329 g/mol. The van der Waals surface area contributed by atoms with E-state index >= 15 is 0 Å². The van der Waals surface area contributed by atoms with Crippen LogP contribution in [-0.2, 0) is 0 Å². The first-order valence-corrected chi connectivity index (χ1v) is 9.13. The number of hydrogen-bond acceptors (Lipinski definition) is 1. The molecule has 0 saturated heterocycles. The van der Waals surface area contributed by atoms with Gasteiger partial charge < -0.3 is 0 Å². The van der Waals surface area contributed by atoms with E-state index in [1.54, 1.807) is 0 Å². The minimum absolute atomic E-state index is 0.565. The predicted molar refractivity (Wildman–Crippen MR) is 88.2 cm³/mol. The Morgan fingerprint density at radius 1 is 1.05 bits per heavy atom. The zero-order chi connectivity index (χ0) is 13.8. The van der Waals surface area contributed by atoms with Crippen molar-refractivity contribution in [1.82, 2.24) is 0 Å². The van der Waals surface area contributed by atoms with Crippen molar-refractivity contribution in [2.75, 3.05) is 5.73 Å². The molecule has 1 nitrogen and oxygen atoms in total. The van der Waals surface area contributed by atoms with E-state index in [-0.39, 0.29) is 0 Å². The first-order valence-electron chi connectivity index (χ1n) is 7.07. The molecule has 2 aromatic rings. The van der Waals surface area contributed by atoms with Crippen LogP contribution in [-0.4, -0.2) is 15.0 Å². The fraction of sp³-hybridized carbons (Fsp3) is 0.222. The minimum atomic E-state index is 0.565. The van der Waals surface area contributed by atoms with Gasteiger partial charge in [0.05, 0.1) is 0 Å². The molecule has 102 valence electrons. The fourth-order valence-corrected chi connectivity index (χ4v) is 5.01. The first-order chi connectivity index (χ1) is 9.83. The molecule has 2 N–H and O–H groups in total. The quantitative estimate of drug-likeness (QED) is 0.675. The molecule has 0 aromatic heterocycles. The summed E-state index contributed by atoms with van der Waals surface area (Å²) in [6.45, 7) is 0. The van der Waals surface area contributed by atoms with E-state index in [2.05, 4.69) is 54.6 Å². The van der Waals surface area contributed by atoms with Gasteiger partial charge in [-0.1, -0.05) is 0 Å². The van der Waals surface area contributed by atoms with Crippen LogP contribution in [0.3, 0.4) is 0 Å². The van der Waals surface area contributed by atoms with Gasteiger partial charge in [-0.05, 0) is 0 Å². The number of allylic oxidation sites excluding steroid dienone is 2. The maximum atomic E-state index is 5.91. The van der Waals surface area contributed by atoms with Gasteiger partial charge in [-0.15, -0.1) is 0 Å². The van der Waals surface area contributed by atoms with Crippen LogP contribution in [0.25, 0.3) is 5.57 Å². The molecule has 0 bridgehead atoms. The third kappa shape index (κ3) is 3.15. The Labute approximate surface area is 127 Å². The van der Waals surface area contributed by atoms with Gasteiger partial charge in [0.2, 0.25) is 0 Å². The molecule has 0 spiro atoms. The standard InChI is InChI=1S/C18H19NSe/c19-16-8-4-6-14(12-16)18-11-5-7-15(18)13-20-17-9-2-1-3-10-17/h1-4,6,8-12,15H,5,7,13,19H2. The van der Waals surface area contributed by atoms with Gasteiger partial charge in [-0.25, -0.2) is 0 Å². The normalized spacial score (nSPS) is 18.0. The average molecular weight is 328 g/mol. The first kappa shape index (κ1) is 13.5. The molecule has 0 amide bonds. The van der Waals surface area contributed by atoms with E-state index in [0.29, 0.717) is 20.9 Å². The number of hydrogen-bond donors (Lipinski definition) is 1. The van der Waals surface area contributed by atoms with Crippen LogP contribution in [0.1, 0.15) is 18.4 Å². The maximum absolute atomic E-state index is 5.91. The average Bonchev–Trinajstić information content (AvgIpc) is 2.95. The van der Waals surface area contributed by atoms with Crippen molar-refractivity contribution in [2.45, 2.75) is 18.2 Å². The van der Waals surface area contributed by atoms with Gasteiger partial charge >= 0.3 is 127 Å². The van der Waals surface area contributed by atoms with Crippen molar-refractivity contribution < 1.29 is 0 Å². The number of nitrogen functional groups attached to an aromatic ring is 1. The molecule has 2 aromatic carbocycles. The van der Waals surface area contributed by atoms with Crippen molar-refractivity contribution in [2.24, 2.45) is 5.92 Å². The third-order valence-electron chi connectivity index (χ3n) is 3.73. The Balaban J connectivity index is 1.70. The summed E-state index contributed by atoms with van der Waals surface area (Å²) in [5.41, 5.74) is 9.60. The van der Waals surface area contributed by atoms with Gasteiger partial charge in [0, 0.05) is 0 Å². The summed E-state index contributed by atoms with van der Waals surface area (Å²) < 4.78 is 1.50. The second kappa shape index (κ2) is 6.30. The Morgan fingerprint density at radius 3 is 2.70 bits per heavy atom. The van der Waals surface area contributed by atoms with Gasteiger partial charge in [0.15, 0.2) is 0 Å². The van der Waals surface area contributed by atoms with Crippen LogP contribution >= 0.6 is 0 Å². The topological polar surface area (TPSA) is 26.0 Å². The number of rotatable bonds is 4. The van der Waals surface area contributed by atoms with Crippen molar-refractivity contribution >= 4 is 30.7 Å². The summed E-state index contributed by atoms with van der Waals surface area (Å²) in [6.07, 6.45) is 4.90. The van der Waals surface area contributed by atoms with Gasteiger partial charge in [0.1, 0.15) is 0 Å². The van der Waals surface area contributed by atoms with Crippen molar-refractivity contribution in [3.05, 3.63) is 66.2 Å². The van der Waals surface area contributed by atoms with Crippen LogP contribution in [0, 0.1) is 5.92 Å². The molecule has 1 unspecified atom stereocenters. The van der Waals surface area contributed by atoms with Gasteiger partial charge in [-0.3, -0.25) is 0 Å². The van der Waals surface area contributed by atoms with E-state index in [9.17, 15) is 0 Å². The molecule has 3 rings (SSSR count). The number of nitrogens with two attached hydrogens (primary N) is 1. The van der Waals surface area contributed by atoms with Crippen LogP contribution in [0.2, 0.25) is 5.32 Å². The SMILES string of the molecule is Nc1cccc(C2=CCCC2C[Se]c2ccccc2)c1. The predicted octanol–water partition coefficient (Wildman–Crippen LogP) is 3.51. The van der Waals surface area contributed by atoms with Crippen LogP contribution < -0.4 is 10.2 Å². The second-order valence-corrected chi connectivity index (χ2v) is 7.48. The van der Waals surface area contributed by atoms with Crippen LogP contribution in [0.4, 0.5) is 5.69 Å². The zero-order valence-corrected chi connectivity index (χ0v) is 13.2. The summed E-state index contributed by atoms with van der Waals surface area (Å²) in [4.78, 5) is 0. The second-order valence-electron chi connectivity index (χ2n) is 5.18. The fourth-order valence-electron chi connectivity index (χ4n) is 2.72. The Bertz CT molecular complexity index is 604. The van der Waals surface area contributed by atoms with Gasteiger partial charge in [0.25, 0.3) is 0 Å². The van der Waals surface area contributed by atoms with E-state index in [1.165, 1.54) is 33.8 Å². The molecule has 0 saturated carbocycles. The summed E-state index contributed by atoms with van der Waals surface area (Å²) in [7, 11) is 0. The van der Waals surface area contributed by atoms with Crippen molar-refractivity contribution in [3.8, 4) is 0 Å². The molecule has 2 heteroatoms. The van der Waals surface area contributed by atoms with Crippen LogP contribution in [0.15, 0.2) is 60.7 Å². The summed E-state index contributed by atoms with van der Waals surface area (Å²) >= 11 is 0.565. The van der Waals surface area contributed by atoms with E-state index in [4.69, 9.17) is 5.73 Å². The zero-order valence-electron chi connectivity index (χ0n) is 11.5. The van der Waals surface area contributed by atoms with Crippen molar-refractivity contribution in [1.29, 1.82) is 0 Å². The summed E-state index contributed by atoms with van der Waals surface area (Å²) in [5, 5.41) is 1.29. The Hall–Kier alpha value is -1.50. The number of anilines is 1. The molecule has 0 fully saturated rings. The number of benzene rings is 2. The summed E-state index contributed by atoms with van der Waals surface area (Å²) in [6, 6.07) is 19.2. The molecule has 1 atom stereocenters. The molecule has 0 heterocycles. The van der Waals surface area contributed by atoms with Gasteiger partial charge in [-0.2, -0.15) is 0 Å². The molecule has 20 heavy (non-hydrogen) atoms. The molecule has 1 aliphatic rings. The Kier molecular flexibility index (Phi) is 4.25. The van der Waals surface area contributed by atoms with Crippen molar-refractivity contribution in [3.63, 3.8) is 0 Å². The summed E-state index contributed by atoms with van der Waals surface area (Å²) in [5.74, 6) is 0.706. The molecule has 1 aliphatic carbocycles. The third-order valence-corrected chi connectivity index (χ3v) is 6.20. The molecule has 0 aliphatic heterocycles. The Morgan fingerprint density at radius 2 is 1.90 bits per heavy atom. The molecule has 0 radical (unpaired) electrons. The molecular formula is C18H19NSe.